The maximum Gasteiger partial charge on any atom is 0.248 e. The van der Waals surface area contributed by atoms with Gasteiger partial charge < -0.3 is 16.8 Å². The molecule has 0 spiro atoms. The first-order valence-electron chi connectivity index (χ1n) is 4.95. The normalized spacial score (nSPS) is 10.2. The number of nitrogens with zero attached hydrogens (tertiary/aromatic N) is 1. The topological polar surface area (TPSA) is 94.0 Å². The molecule has 1 heterocycles. The molecule has 1 amide bonds. The average molecular weight is 248 g/mol. The van der Waals surface area contributed by atoms with Gasteiger partial charge >= 0.3 is 0 Å². The number of benzene rings is 1. The maximum absolute atomic E-state index is 11.0. The van der Waals surface area contributed by atoms with Crippen LogP contribution in [0.2, 0.25) is 0 Å². The second-order valence-electron chi connectivity index (χ2n) is 3.57. The molecule has 0 saturated heterocycles. The lowest BCUT2D eigenvalue weighted by Crippen LogP contribution is -2.11. The van der Waals surface area contributed by atoms with Crippen LogP contribution in [0.25, 0.3) is 0 Å². The van der Waals surface area contributed by atoms with Crippen LogP contribution in [0.1, 0.15) is 15.2 Å². The lowest BCUT2D eigenvalue weighted by atomic mass is 10.1. The van der Waals surface area contributed by atoms with E-state index in [1.807, 2.05) is 6.92 Å². The van der Waals surface area contributed by atoms with Gasteiger partial charge in [0.1, 0.15) is 0 Å². The number of nitrogens with one attached hydrogen (secondary N) is 1. The minimum absolute atomic E-state index is 0.392. The molecule has 1 aromatic heterocycles. The molecular formula is C11H12N4OS. The van der Waals surface area contributed by atoms with Crippen LogP contribution >= 0.6 is 11.3 Å². The standard InChI is InChI=1S/C11H12N4OS/c1-6-5-14-11(17-6)15-9-3-2-7(10(13)16)4-8(9)12/h2-5H,12H2,1H3,(H2,13,16)(H,14,15). The average Bonchev–Trinajstić information content (AvgIpc) is 2.67. The highest BCUT2D eigenvalue weighted by Gasteiger charge is 2.06. The Bertz CT molecular complexity index is 564. The first-order chi connectivity index (χ1) is 8.06. The summed E-state index contributed by atoms with van der Waals surface area (Å²) in [7, 11) is 0. The van der Waals surface area contributed by atoms with Crippen LogP contribution in [0.4, 0.5) is 16.5 Å². The number of hydrogen-bond acceptors (Lipinski definition) is 5. The zero-order chi connectivity index (χ0) is 12.4. The number of carbonyl (C=O) groups is 1. The zero-order valence-electron chi connectivity index (χ0n) is 9.23. The summed E-state index contributed by atoms with van der Waals surface area (Å²) in [5.41, 5.74) is 12.6. The summed E-state index contributed by atoms with van der Waals surface area (Å²) in [6, 6.07) is 4.89. The number of thiazole rings is 1. The largest absolute Gasteiger partial charge is 0.397 e. The van der Waals surface area contributed by atoms with Gasteiger partial charge in [-0.15, -0.1) is 11.3 Å². The van der Waals surface area contributed by atoms with Crippen molar-refractivity contribution in [3.05, 3.63) is 34.8 Å². The summed E-state index contributed by atoms with van der Waals surface area (Å²) < 4.78 is 0. The third kappa shape index (κ3) is 2.54. The first-order valence-corrected chi connectivity index (χ1v) is 5.76. The summed E-state index contributed by atoms with van der Waals surface area (Å²) >= 11 is 1.53. The molecule has 5 nitrogen and oxygen atoms in total. The summed E-state index contributed by atoms with van der Waals surface area (Å²) in [4.78, 5) is 16.2. The van der Waals surface area contributed by atoms with Gasteiger partial charge in [0.25, 0.3) is 0 Å². The number of aromatic nitrogens is 1. The highest BCUT2D eigenvalue weighted by molar-refractivity contribution is 7.15. The van der Waals surface area contributed by atoms with Crippen molar-refractivity contribution in [1.82, 2.24) is 4.98 Å². The number of hydrogen-bond donors (Lipinski definition) is 3. The monoisotopic (exact) mass is 248 g/mol. The van der Waals surface area contributed by atoms with E-state index in [1.54, 1.807) is 24.4 Å². The van der Waals surface area contributed by atoms with Crippen LogP contribution in [0, 0.1) is 6.92 Å². The van der Waals surface area contributed by atoms with Crippen molar-refractivity contribution in [2.24, 2.45) is 5.73 Å². The molecule has 0 atom stereocenters. The van der Waals surface area contributed by atoms with E-state index in [0.717, 1.165) is 10.0 Å². The molecule has 0 unspecified atom stereocenters. The van der Waals surface area contributed by atoms with Crippen molar-refractivity contribution in [3.63, 3.8) is 0 Å². The third-order valence-corrected chi connectivity index (χ3v) is 3.03. The van der Waals surface area contributed by atoms with Gasteiger partial charge in [-0.1, -0.05) is 0 Å². The molecule has 2 rings (SSSR count). The highest BCUT2D eigenvalue weighted by atomic mass is 32.1. The lowest BCUT2D eigenvalue weighted by Gasteiger charge is -2.07. The molecular weight excluding hydrogens is 236 g/mol. The van der Waals surface area contributed by atoms with Gasteiger partial charge in [0.15, 0.2) is 5.13 Å². The van der Waals surface area contributed by atoms with E-state index in [9.17, 15) is 4.79 Å². The highest BCUT2D eigenvalue weighted by Crippen LogP contribution is 2.26. The van der Waals surface area contributed by atoms with Gasteiger partial charge in [0.05, 0.1) is 11.4 Å². The lowest BCUT2D eigenvalue weighted by molar-refractivity contribution is 0.100. The Morgan fingerprint density at radius 1 is 1.47 bits per heavy atom. The molecule has 5 N–H and O–H groups in total. The van der Waals surface area contributed by atoms with Gasteiger partial charge in [0.2, 0.25) is 5.91 Å². The van der Waals surface area contributed by atoms with Crippen LogP contribution in [-0.2, 0) is 0 Å². The molecule has 6 heteroatoms. The molecule has 0 radical (unpaired) electrons. The molecule has 1 aromatic carbocycles. The van der Waals surface area contributed by atoms with E-state index in [4.69, 9.17) is 11.5 Å². The number of anilines is 3. The number of aryl methyl sites for hydroxylation is 1. The molecule has 88 valence electrons. The van der Waals surface area contributed by atoms with Gasteiger partial charge in [-0.2, -0.15) is 0 Å². The van der Waals surface area contributed by atoms with Crippen molar-refractivity contribution in [3.8, 4) is 0 Å². The van der Waals surface area contributed by atoms with Crippen LogP contribution in [0.15, 0.2) is 24.4 Å². The van der Waals surface area contributed by atoms with E-state index >= 15 is 0 Å². The van der Waals surface area contributed by atoms with Crippen molar-refractivity contribution in [2.75, 3.05) is 11.1 Å². The third-order valence-electron chi connectivity index (χ3n) is 2.20. The smallest absolute Gasteiger partial charge is 0.248 e. The summed E-state index contributed by atoms with van der Waals surface area (Å²) in [5, 5.41) is 3.85. The quantitative estimate of drug-likeness (QED) is 0.723. The van der Waals surface area contributed by atoms with E-state index in [0.29, 0.717) is 16.9 Å². The van der Waals surface area contributed by atoms with Gasteiger partial charge in [-0.3, -0.25) is 4.79 Å². The number of amides is 1. The van der Waals surface area contributed by atoms with Crippen LogP contribution in [0.5, 0.6) is 0 Å². The van der Waals surface area contributed by atoms with Gasteiger partial charge in [-0.05, 0) is 25.1 Å². The second-order valence-corrected chi connectivity index (χ2v) is 4.80. The van der Waals surface area contributed by atoms with Gasteiger partial charge in [-0.25, -0.2) is 4.98 Å². The molecule has 0 fully saturated rings. The van der Waals surface area contributed by atoms with E-state index in [-0.39, 0.29) is 0 Å². The molecule has 17 heavy (non-hydrogen) atoms. The summed E-state index contributed by atoms with van der Waals surface area (Å²) in [6.45, 7) is 1.97. The molecule has 0 saturated carbocycles. The van der Waals surface area contributed by atoms with Gasteiger partial charge in [0, 0.05) is 16.6 Å². The Balaban J connectivity index is 2.25. The summed E-state index contributed by atoms with van der Waals surface area (Å²) in [6.07, 6.45) is 1.78. The fraction of sp³-hybridized carbons (Fsp3) is 0.0909. The molecule has 2 aromatic rings. The number of primary amides is 1. The van der Waals surface area contributed by atoms with E-state index in [1.165, 1.54) is 11.3 Å². The van der Waals surface area contributed by atoms with Crippen LogP contribution < -0.4 is 16.8 Å². The van der Waals surface area contributed by atoms with Crippen molar-refractivity contribution in [1.29, 1.82) is 0 Å². The Kier molecular flexibility index (Phi) is 2.97. The number of rotatable bonds is 3. The Labute approximate surface area is 102 Å². The Morgan fingerprint density at radius 3 is 2.76 bits per heavy atom. The first kappa shape index (κ1) is 11.4. The van der Waals surface area contributed by atoms with Crippen LogP contribution in [0.3, 0.4) is 0 Å². The number of nitrogens with two attached hydrogens (primary N) is 2. The minimum atomic E-state index is -0.492. The number of carbonyl (C=O) groups excluding carboxylic acids is 1. The SMILES string of the molecule is Cc1cnc(Nc2ccc(C(N)=O)cc2N)s1. The Morgan fingerprint density at radius 2 is 2.24 bits per heavy atom. The van der Waals surface area contributed by atoms with Crippen LogP contribution in [-0.4, -0.2) is 10.9 Å². The maximum atomic E-state index is 11.0. The minimum Gasteiger partial charge on any atom is -0.397 e. The molecule has 0 aliphatic rings. The predicted octanol–water partition coefficient (Wildman–Crippen LogP) is 1.88. The Hall–Kier alpha value is -2.08. The van der Waals surface area contributed by atoms with Crippen molar-refractivity contribution < 1.29 is 4.79 Å². The predicted molar refractivity (Wildman–Crippen MR) is 69.5 cm³/mol. The van der Waals surface area contributed by atoms with Crippen molar-refractivity contribution >= 4 is 33.8 Å². The second kappa shape index (κ2) is 4.42. The zero-order valence-corrected chi connectivity index (χ0v) is 10.0. The fourth-order valence-electron chi connectivity index (χ4n) is 1.36. The van der Waals surface area contributed by atoms with Crippen molar-refractivity contribution in [2.45, 2.75) is 6.92 Å². The number of nitrogen functional groups attached to an aromatic ring is 1. The fourth-order valence-corrected chi connectivity index (χ4v) is 2.03. The molecule has 0 bridgehead atoms. The molecule has 0 aliphatic carbocycles. The van der Waals surface area contributed by atoms with E-state index < -0.39 is 5.91 Å². The molecule has 0 aliphatic heterocycles. The summed E-state index contributed by atoms with van der Waals surface area (Å²) in [5.74, 6) is -0.492. The van der Waals surface area contributed by atoms with E-state index in [2.05, 4.69) is 10.3 Å².